The van der Waals surface area contributed by atoms with Crippen molar-refractivity contribution >= 4 is 35.2 Å². The van der Waals surface area contributed by atoms with Crippen molar-refractivity contribution in [2.75, 3.05) is 16.8 Å². The zero-order valence-corrected chi connectivity index (χ0v) is 19.3. The van der Waals surface area contributed by atoms with E-state index in [0.717, 1.165) is 10.5 Å². The molecule has 0 saturated carbocycles. The Kier molecular flexibility index (Phi) is 8.56. The molecule has 2 rings (SSSR count). The molecule has 176 valence electrons. The number of rotatable bonds is 8. The average Bonchev–Trinajstić information content (AvgIpc) is 2.70. The summed E-state index contributed by atoms with van der Waals surface area (Å²) in [4.78, 5) is 51.2. The largest absolute Gasteiger partial charge is 0.459 e. The van der Waals surface area contributed by atoms with Crippen LogP contribution in [-0.2, 0) is 19.1 Å². The minimum absolute atomic E-state index is 0.406. The quantitative estimate of drug-likeness (QED) is 0.528. The first-order valence-electron chi connectivity index (χ1n) is 10.5. The Morgan fingerprint density at radius 2 is 1.70 bits per heavy atom. The van der Waals surface area contributed by atoms with Gasteiger partial charge in [-0.3, -0.25) is 19.3 Å². The summed E-state index contributed by atoms with van der Waals surface area (Å²) in [5.74, 6) is -2.10. The Hall–Kier alpha value is -3.88. The molecule has 2 aromatic carbocycles. The van der Waals surface area contributed by atoms with Gasteiger partial charge in [-0.15, -0.1) is 0 Å². The fourth-order valence-corrected chi connectivity index (χ4v) is 3.04. The molecule has 1 unspecified atom stereocenters. The highest BCUT2D eigenvalue weighted by molar-refractivity contribution is 6.04. The normalized spacial score (nSPS) is 11.8. The lowest BCUT2D eigenvalue weighted by atomic mass is 10.1. The van der Waals surface area contributed by atoms with Crippen LogP contribution >= 0.6 is 0 Å². The highest BCUT2D eigenvalue weighted by Gasteiger charge is 2.31. The summed E-state index contributed by atoms with van der Waals surface area (Å²) in [6, 6.07) is 13.5. The van der Waals surface area contributed by atoms with E-state index in [1.807, 2.05) is 13.0 Å². The molecule has 0 aliphatic rings. The molecular formula is C24H30N4O5. The number of nitrogens with two attached hydrogens (primary N) is 1. The molecule has 2 aromatic rings. The second-order valence-corrected chi connectivity index (χ2v) is 8.54. The second-order valence-electron chi connectivity index (χ2n) is 8.54. The highest BCUT2D eigenvalue weighted by Crippen LogP contribution is 2.17. The van der Waals surface area contributed by atoms with Crippen molar-refractivity contribution < 1.29 is 23.9 Å². The maximum atomic E-state index is 13.4. The molecular weight excluding hydrogens is 424 g/mol. The maximum absolute atomic E-state index is 13.4. The first-order chi connectivity index (χ1) is 15.4. The molecule has 0 radical (unpaired) electrons. The predicted molar refractivity (Wildman–Crippen MR) is 126 cm³/mol. The first-order valence-corrected chi connectivity index (χ1v) is 10.5. The molecule has 33 heavy (non-hydrogen) atoms. The van der Waals surface area contributed by atoms with Crippen LogP contribution in [0, 0.1) is 6.92 Å². The number of benzene rings is 2. The van der Waals surface area contributed by atoms with E-state index in [1.165, 1.54) is 0 Å². The number of amides is 4. The average molecular weight is 455 g/mol. The van der Waals surface area contributed by atoms with Crippen LogP contribution < -0.4 is 21.3 Å². The van der Waals surface area contributed by atoms with E-state index in [9.17, 15) is 19.2 Å². The van der Waals surface area contributed by atoms with Gasteiger partial charge >= 0.3 is 12.0 Å². The van der Waals surface area contributed by atoms with Crippen molar-refractivity contribution in [3.8, 4) is 0 Å². The number of carbonyl (C=O) groups excluding carboxylic acids is 4. The van der Waals surface area contributed by atoms with Gasteiger partial charge in [0.05, 0.1) is 6.42 Å². The number of anilines is 2. The van der Waals surface area contributed by atoms with Gasteiger partial charge in [-0.05, 0) is 57.5 Å². The number of nitrogens with zero attached hydrogens (tertiary/aromatic N) is 1. The number of aryl methyl sites for hydroxylation is 1. The van der Waals surface area contributed by atoms with Gasteiger partial charge in [-0.25, -0.2) is 4.79 Å². The molecule has 9 heteroatoms. The summed E-state index contributed by atoms with van der Waals surface area (Å²) in [6.07, 6.45) is -0.447. The number of carbonyl (C=O) groups is 4. The van der Waals surface area contributed by atoms with E-state index in [2.05, 4.69) is 10.6 Å². The van der Waals surface area contributed by atoms with Crippen LogP contribution in [0.15, 0.2) is 54.6 Å². The number of primary amides is 1. The molecule has 0 aliphatic heterocycles. The Labute approximate surface area is 193 Å². The number of urea groups is 1. The van der Waals surface area contributed by atoms with Crippen molar-refractivity contribution in [2.24, 2.45) is 5.73 Å². The zero-order chi connectivity index (χ0) is 24.6. The molecule has 0 bridgehead atoms. The maximum Gasteiger partial charge on any atom is 0.326 e. The van der Waals surface area contributed by atoms with Crippen molar-refractivity contribution in [1.82, 2.24) is 5.32 Å². The minimum atomic E-state index is -1.30. The number of hydrogen-bond donors (Lipinski definition) is 3. The predicted octanol–water partition coefficient (Wildman–Crippen LogP) is 2.74. The summed E-state index contributed by atoms with van der Waals surface area (Å²) in [6.45, 7) is 6.61. The smallest absolute Gasteiger partial charge is 0.326 e. The number of para-hydroxylation sites is 1. The van der Waals surface area contributed by atoms with Gasteiger partial charge < -0.3 is 21.1 Å². The molecule has 0 saturated heterocycles. The van der Waals surface area contributed by atoms with E-state index >= 15 is 0 Å². The number of hydrogen-bond acceptors (Lipinski definition) is 5. The van der Waals surface area contributed by atoms with E-state index in [0.29, 0.717) is 11.4 Å². The van der Waals surface area contributed by atoms with Gasteiger partial charge in [-0.1, -0.05) is 30.3 Å². The van der Waals surface area contributed by atoms with Crippen molar-refractivity contribution in [2.45, 2.75) is 45.8 Å². The lowest BCUT2D eigenvalue weighted by Crippen LogP contribution is -2.52. The molecule has 0 aliphatic carbocycles. The van der Waals surface area contributed by atoms with Crippen LogP contribution in [0.2, 0.25) is 0 Å². The fourth-order valence-electron chi connectivity index (χ4n) is 3.04. The number of ether oxygens (including phenoxy) is 1. The Morgan fingerprint density at radius 1 is 1.03 bits per heavy atom. The summed E-state index contributed by atoms with van der Waals surface area (Å²) in [7, 11) is 0. The van der Waals surface area contributed by atoms with E-state index < -0.39 is 48.4 Å². The molecule has 0 aromatic heterocycles. The SMILES string of the molecule is Cc1cccc(NC(=O)NC(CC(N)=O)C(=O)N(CC(=O)OC(C)(C)C)c2ccccc2)c1. The van der Waals surface area contributed by atoms with Gasteiger partial charge in [0.25, 0.3) is 5.91 Å². The van der Waals surface area contributed by atoms with E-state index in [4.69, 9.17) is 10.5 Å². The lowest BCUT2D eigenvalue weighted by molar-refractivity contribution is -0.153. The molecule has 0 heterocycles. The molecule has 0 spiro atoms. The topological polar surface area (TPSA) is 131 Å². The van der Waals surface area contributed by atoms with Crippen LogP contribution in [0.4, 0.5) is 16.2 Å². The number of esters is 1. The standard InChI is InChI=1S/C24H30N4O5/c1-16-9-8-10-17(13-16)26-23(32)27-19(14-20(25)29)22(31)28(18-11-6-5-7-12-18)15-21(30)33-24(2,3)4/h5-13,19H,14-15H2,1-4H3,(H2,25,29)(H2,26,27,32). The third-order valence-electron chi connectivity index (χ3n) is 4.33. The zero-order valence-electron chi connectivity index (χ0n) is 19.3. The summed E-state index contributed by atoms with van der Waals surface area (Å²) < 4.78 is 5.35. The lowest BCUT2D eigenvalue weighted by Gasteiger charge is -2.28. The Bertz CT molecular complexity index is 1000. The monoisotopic (exact) mass is 454 g/mol. The number of nitrogens with one attached hydrogen (secondary N) is 2. The fraction of sp³-hybridized carbons (Fsp3) is 0.333. The van der Waals surface area contributed by atoms with Gasteiger partial charge in [0.2, 0.25) is 5.91 Å². The van der Waals surface area contributed by atoms with Crippen LogP contribution in [-0.4, -0.2) is 42.0 Å². The van der Waals surface area contributed by atoms with Gasteiger partial charge in [0, 0.05) is 11.4 Å². The summed E-state index contributed by atoms with van der Waals surface area (Å²) >= 11 is 0. The second kappa shape index (κ2) is 11.1. The molecule has 4 N–H and O–H groups in total. The van der Waals surface area contributed by atoms with Crippen LogP contribution in [0.25, 0.3) is 0 Å². The van der Waals surface area contributed by atoms with Gasteiger partial charge in [0.1, 0.15) is 18.2 Å². The third kappa shape index (κ3) is 8.64. The Morgan fingerprint density at radius 3 is 2.27 bits per heavy atom. The van der Waals surface area contributed by atoms with E-state index in [1.54, 1.807) is 69.3 Å². The van der Waals surface area contributed by atoms with Crippen molar-refractivity contribution in [1.29, 1.82) is 0 Å². The van der Waals surface area contributed by atoms with Gasteiger partial charge in [-0.2, -0.15) is 0 Å². The highest BCUT2D eigenvalue weighted by atomic mass is 16.6. The van der Waals surface area contributed by atoms with Crippen LogP contribution in [0.1, 0.15) is 32.8 Å². The minimum Gasteiger partial charge on any atom is -0.459 e. The molecule has 1 atom stereocenters. The molecule has 0 fully saturated rings. The van der Waals surface area contributed by atoms with Gasteiger partial charge in [0.15, 0.2) is 0 Å². The van der Waals surface area contributed by atoms with Crippen molar-refractivity contribution in [3.05, 3.63) is 60.2 Å². The molecule has 9 nitrogen and oxygen atoms in total. The summed E-state index contributed by atoms with van der Waals surface area (Å²) in [5, 5.41) is 5.12. The van der Waals surface area contributed by atoms with E-state index in [-0.39, 0.29) is 0 Å². The summed E-state index contributed by atoms with van der Waals surface area (Å²) in [5.41, 5.74) is 6.44. The van der Waals surface area contributed by atoms with Crippen LogP contribution in [0.5, 0.6) is 0 Å². The first kappa shape index (κ1) is 25.4. The molecule has 4 amide bonds. The Balaban J connectivity index is 2.26. The van der Waals surface area contributed by atoms with Crippen molar-refractivity contribution in [3.63, 3.8) is 0 Å². The third-order valence-corrected chi connectivity index (χ3v) is 4.33. The van der Waals surface area contributed by atoms with Crippen LogP contribution in [0.3, 0.4) is 0 Å².